The summed E-state index contributed by atoms with van der Waals surface area (Å²) < 4.78 is 36.9. The van der Waals surface area contributed by atoms with Gasteiger partial charge in [-0.3, -0.25) is 14.5 Å². The Bertz CT molecular complexity index is 1320. The van der Waals surface area contributed by atoms with Crippen LogP contribution < -0.4 is 24.8 Å². The number of nitrogens with one attached hydrogen (secondary N) is 1. The van der Waals surface area contributed by atoms with Gasteiger partial charge in [-0.15, -0.1) is 0 Å². The van der Waals surface area contributed by atoms with Gasteiger partial charge in [-0.2, -0.15) is 0 Å². The molecule has 2 aliphatic heterocycles. The summed E-state index contributed by atoms with van der Waals surface area (Å²) in [6, 6.07) is 12.4. The molecule has 0 spiro atoms. The molecule has 2 aliphatic rings. The van der Waals surface area contributed by atoms with E-state index in [1.54, 1.807) is 17.0 Å². The number of nitrogens with two attached hydrogens (primary N) is 1. The molecule has 0 unspecified atom stereocenters. The van der Waals surface area contributed by atoms with Crippen molar-refractivity contribution in [2.45, 2.75) is 44.7 Å². The van der Waals surface area contributed by atoms with E-state index in [1.165, 1.54) is 0 Å². The smallest absolute Gasteiger partial charge is 0.308 e. The van der Waals surface area contributed by atoms with Crippen molar-refractivity contribution >= 4 is 27.6 Å². The van der Waals surface area contributed by atoms with Crippen LogP contribution in [-0.2, 0) is 26.2 Å². The Balaban J connectivity index is 1.63. The third kappa shape index (κ3) is 7.11. The van der Waals surface area contributed by atoms with Gasteiger partial charge < -0.3 is 25.2 Å². The van der Waals surface area contributed by atoms with Gasteiger partial charge in [0.2, 0.25) is 22.7 Å². The summed E-state index contributed by atoms with van der Waals surface area (Å²) in [5.41, 5.74) is 8.26. The van der Waals surface area contributed by atoms with Crippen molar-refractivity contribution in [1.29, 1.82) is 0 Å². The van der Waals surface area contributed by atoms with Crippen molar-refractivity contribution in [1.82, 2.24) is 9.62 Å². The number of carboxylic acid groups (broad SMARTS) is 1. The minimum Gasteiger partial charge on any atom is -0.481 e. The fourth-order valence-corrected chi connectivity index (χ4v) is 6.04. The van der Waals surface area contributed by atoms with Crippen LogP contribution in [0.15, 0.2) is 42.5 Å². The zero-order chi connectivity index (χ0) is 28.9. The maximum atomic E-state index is 13.8. The number of unbranched alkanes of at least 4 members (excludes halogenated alkanes) is 1. The molecule has 2 aromatic rings. The van der Waals surface area contributed by atoms with Gasteiger partial charge in [0, 0.05) is 43.8 Å². The number of fused-ring (bicyclic) bond motifs is 1. The van der Waals surface area contributed by atoms with E-state index in [2.05, 4.69) is 11.6 Å². The number of likely N-dealkylation sites (tertiary alicyclic amines) is 1. The van der Waals surface area contributed by atoms with Crippen molar-refractivity contribution in [3.63, 3.8) is 0 Å². The SMILES string of the molecule is CCCCN(C(=O)CN1C[C@H](c2ccc3c(c2)OCO3)[C@@H](C(=O)O)[C@@H]1CCNS(C)(=O)=O)c1cccc(CN)c1. The first-order valence-corrected chi connectivity index (χ1v) is 15.4. The summed E-state index contributed by atoms with van der Waals surface area (Å²) in [6.45, 7) is 3.39. The molecule has 0 aliphatic carbocycles. The maximum Gasteiger partial charge on any atom is 0.308 e. The monoisotopic (exact) mass is 574 g/mol. The Hall–Kier alpha value is -3.19. The molecular weight excluding hydrogens is 536 g/mol. The number of benzene rings is 2. The van der Waals surface area contributed by atoms with Gasteiger partial charge in [-0.25, -0.2) is 13.1 Å². The second-order valence-corrected chi connectivity index (χ2v) is 12.1. The minimum atomic E-state index is -3.46. The molecule has 4 N–H and O–H groups in total. The topological polar surface area (TPSA) is 152 Å². The molecule has 11 nitrogen and oxygen atoms in total. The Morgan fingerprint density at radius 2 is 1.95 bits per heavy atom. The number of aliphatic carboxylic acids is 1. The highest BCUT2D eigenvalue weighted by Gasteiger charge is 2.47. The van der Waals surface area contributed by atoms with E-state index in [-0.39, 0.29) is 32.2 Å². The lowest BCUT2D eigenvalue weighted by molar-refractivity contribution is -0.143. The Morgan fingerprint density at radius 3 is 2.65 bits per heavy atom. The van der Waals surface area contributed by atoms with Gasteiger partial charge in [-0.05, 0) is 48.2 Å². The van der Waals surface area contributed by atoms with Crippen molar-refractivity contribution in [3.05, 3.63) is 53.6 Å². The molecule has 1 amide bonds. The van der Waals surface area contributed by atoms with Crippen molar-refractivity contribution < 1.29 is 32.6 Å². The number of carboxylic acids is 1. The number of amides is 1. The largest absolute Gasteiger partial charge is 0.481 e. The highest BCUT2D eigenvalue weighted by molar-refractivity contribution is 7.88. The minimum absolute atomic E-state index is 0.00899. The molecular formula is C28H38N4O7S. The van der Waals surface area contributed by atoms with Crippen LogP contribution in [0, 0.1) is 5.92 Å². The lowest BCUT2D eigenvalue weighted by Gasteiger charge is -2.30. The average Bonchev–Trinajstić information content (AvgIpc) is 3.52. The highest BCUT2D eigenvalue weighted by Crippen LogP contribution is 2.42. The lowest BCUT2D eigenvalue weighted by atomic mass is 9.84. The third-order valence-corrected chi connectivity index (χ3v) is 8.22. The maximum absolute atomic E-state index is 13.8. The fourth-order valence-electron chi connectivity index (χ4n) is 5.55. The number of nitrogens with zero attached hydrogens (tertiary/aromatic N) is 2. The summed E-state index contributed by atoms with van der Waals surface area (Å²) in [6.07, 6.45) is 3.00. The highest BCUT2D eigenvalue weighted by atomic mass is 32.2. The molecule has 1 fully saturated rings. The van der Waals surface area contributed by atoms with Crippen LogP contribution in [0.4, 0.5) is 5.69 Å². The fraction of sp³-hybridized carbons (Fsp3) is 0.500. The molecule has 3 atom stereocenters. The molecule has 0 saturated carbocycles. The van der Waals surface area contributed by atoms with E-state index in [0.29, 0.717) is 31.1 Å². The van der Waals surface area contributed by atoms with E-state index in [0.717, 1.165) is 35.9 Å². The number of carbonyl (C=O) groups is 2. The van der Waals surface area contributed by atoms with Crippen molar-refractivity contribution in [3.8, 4) is 11.5 Å². The molecule has 40 heavy (non-hydrogen) atoms. The number of hydrogen-bond donors (Lipinski definition) is 3. The van der Waals surface area contributed by atoms with Crippen LogP contribution in [0.5, 0.6) is 11.5 Å². The predicted octanol–water partition coefficient (Wildman–Crippen LogP) is 2.12. The number of hydrogen-bond acceptors (Lipinski definition) is 8. The summed E-state index contributed by atoms with van der Waals surface area (Å²) in [4.78, 5) is 30.1. The molecule has 4 rings (SSSR count). The summed E-state index contributed by atoms with van der Waals surface area (Å²) >= 11 is 0. The number of carbonyl (C=O) groups excluding carboxylic acids is 1. The first-order chi connectivity index (χ1) is 19.1. The number of sulfonamides is 1. The third-order valence-electron chi connectivity index (χ3n) is 7.50. The molecule has 2 heterocycles. The van der Waals surface area contributed by atoms with Crippen LogP contribution in [-0.4, -0.2) is 75.6 Å². The summed E-state index contributed by atoms with van der Waals surface area (Å²) in [7, 11) is -3.46. The summed E-state index contributed by atoms with van der Waals surface area (Å²) in [5, 5.41) is 10.4. The van der Waals surface area contributed by atoms with E-state index < -0.39 is 33.9 Å². The number of ether oxygens (including phenoxy) is 2. The molecule has 2 aromatic carbocycles. The zero-order valence-corrected chi connectivity index (χ0v) is 23.7. The quantitative estimate of drug-likeness (QED) is 0.327. The van der Waals surface area contributed by atoms with Gasteiger partial charge in [0.15, 0.2) is 11.5 Å². The van der Waals surface area contributed by atoms with Gasteiger partial charge in [0.25, 0.3) is 0 Å². The van der Waals surface area contributed by atoms with Gasteiger partial charge in [-0.1, -0.05) is 31.5 Å². The van der Waals surface area contributed by atoms with E-state index in [4.69, 9.17) is 15.2 Å². The predicted molar refractivity (Wildman–Crippen MR) is 151 cm³/mol. The zero-order valence-electron chi connectivity index (χ0n) is 22.9. The van der Waals surface area contributed by atoms with Crippen LogP contribution in [0.25, 0.3) is 0 Å². The number of rotatable bonds is 13. The van der Waals surface area contributed by atoms with Crippen molar-refractivity contribution in [2.24, 2.45) is 11.7 Å². The van der Waals surface area contributed by atoms with Crippen molar-refractivity contribution in [2.75, 3.05) is 44.1 Å². The van der Waals surface area contributed by atoms with Gasteiger partial charge in [0.1, 0.15) is 0 Å². The molecule has 0 radical (unpaired) electrons. The normalized spacial score (nSPS) is 20.5. The van der Waals surface area contributed by atoms with E-state index >= 15 is 0 Å². The van der Waals surface area contributed by atoms with Gasteiger partial charge in [0.05, 0.1) is 18.7 Å². The van der Waals surface area contributed by atoms with Crippen LogP contribution in [0.3, 0.4) is 0 Å². The average molecular weight is 575 g/mol. The van der Waals surface area contributed by atoms with Crippen LogP contribution in [0.2, 0.25) is 0 Å². The molecule has 0 aromatic heterocycles. The summed E-state index contributed by atoms with van der Waals surface area (Å²) in [5.74, 6) is -1.30. The first kappa shape index (κ1) is 29.8. The lowest BCUT2D eigenvalue weighted by Crippen LogP contribution is -2.45. The Kier molecular flexibility index (Phi) is 9.67. The number of anilines is 1. The Morgan fingerprint density at radius 1 is 1.18 bits per heavy atom. The molecule has 218 valence electrons. The molecule has 1 saturated heterocycles. The van der Waals surface area contributed by atoms with Crippen LogP contribution in [0.1, 0.15) is 43.2 Å². The second-order valence-electron chi connectivity index (χ2n) is 10.3. The standard InChI is InChI=1S/C28H38N4O7S/c1-3-4-12-32(21-7-5-6-19(13-21)15-29)26(33)17-31-16-22(20-8-9-24-25(14-20)39-18-38-24)27(28(34)35)23(31)10-11-30-40(2,36)37/h5-9,13-14,22-23,27,30H,3-4,10-12,15-18,29H2,1-2H3,(H,34,35)/t22-,23+,27-/m1/s1. The second kappa shape index (κ2) is 13.0. The molecule has 12 heteroatoms. The van der Waals surface area contributed by atoms with Crippen LogP contribution >= 0.6 is 0 Å². The van der Waals surface area contributed by atoms with E-state index in [1.807, 2.05) is 35.2 Å². The first-order valence-electron chi connectivity index (χ1n) is 13.5. The Labute approximate surface area is 235 Å². The van der Waals surface area contributed by atoms with Gasteiger partial charge >= 0.3 is 5.97 Å². The van der Waals surface area contributed by atoms with E-state index in [9.17, 15) is 23.1 Å². The molecule has 0 bridgehead atoms.